The summed E-state index contributed by atoms with van der Waals surface area (Å²) in [5, 5.41) is 9.74. The van der Waals surface area contributed by atoms with E-state index in [1.165, 1.54) is 0 Å². The molecule has 5 atom stereocenters. The second-order valence-corrected chi connectivity index (χ2v) is 7.49. The van der Waals surface area contributed by atoms with Crippen LogP contribution in [0.1, 0.15) is 40.0 Å². The van der Waals surface area contributed by atoms with Gasteiger partial charge in [0.15, 0.2) is 6.61 Å². The molecule has 6 nitrogen and oxygen atoms in total. The van der Waals surface area contributed by atoms with E-state index in [0.717, 1.165) is 0 Å². The number of carbonyl (C=O) groups is 2. The number of ether oxygens (including phenoxy) is 2. The van der Waals surface area contributed by atoms with Crippen LogP contribution in [0.3, 0.4) is 0 Å². The van der Waals surface area contributed by atoms with Gasteiger partial charge in [-0.15, -0.1) is 0 Å². The summed E-state index contributed by atoms with van der Waals surface area (Å²) in [5.41, 5.74) is -3.19. The lowest BCUT2D eigenvalue weighted by molar-refractivity contribution is -0.167. The Morgan fingerprint density at radius 2 is 2.26 bits per heavy atom. The molecule has 0 aromatic carbocycles. The van der Waals surface area contributed by atoms with Crippen molar-refractivity contribution in [3.8, 4) is 6.07 Å². The molecule has 0 amide bonds. The minimum atomic E-state index is -1.49. The van der Waals surface area contributed by atoms with Crippen molar-refractivity contribution in [1.29, 1.82) is 5.26 Å². The molecule has 0 N–H and O–H groups in total. The van der Waals surface area contributed by atoms with Gasteiger partial charge in [-0.05, 0) is 33.1 Å². The van der Waals surface area contributed by atoms with Crippen LogP contribution in [0.15, 0.2) is 0 Å². The molecule has 0 aromatic heterocycles. The molecule has 23 heavy (non-hydrogen) atoms. The summed E-state index contributed by atoms with van der Waals surface area (Å²) >= 11 is 0. The summed E-state index contributed by atoms with van der Waals surface area (Å²) in [6.07, 6.45) is 1.25. The number of hydrogen-bond donors (Lipinski definition) is 0. The zero-order valence-electron chi connectivity index (χ0n) is 13.6. The number of carbonyl (C=O) groups excluding carboxylic acids is 2. The minimum Gasteiger partial charge on any atom is -0.462 e. The Bertz CT molecular complexity index is 658. The Kier molecular flexibility index (Phi) is 3.23. The van der Waals surface area contributed by atoms with Crippen molar-refractivity contribution in [1.82, 2.24) is 0 Å². The maximum Gasteiger partial charge on any atom is 0.335 e. The predicted octanol–water partition coefficient (Wildman–Crippen LogP) is 2.10. The number of fused-ring (bicyclic) bond motifs is 5. The van der Waals surface area contributed by atoms with E-state index in [9.17, 15) is 14.9 Å². The third-order valence-corrected chi connectivity index (χ3v) is 6.23. The number of nitrogens with zero attached hydrogens (tertiary/aromatic N) is 2. The Hall–Kier alpha value is -2.08. The van der Waals surface area contributed by atoms with E-state index in [-0.39, 0.29) is 18.5 Å². The molecular weight excluding hydrogens is 296 g/mol. The van der Waals surface area contributed by atoms with Crippen molar-refractivity contribution < 1.29 is 19.1 Å². The van der Waals surface area contributed by atoms with Crippen molar-refractivity contribution in [2.75, 3.05) is 6.61 Å². The molecule has 2 bridgehead atoms. The first-order valence-electron chi connectivity index (χ1n) is 7.97. The average molecular weight is 316 g/mol. The second-order valence-electron chi connectivity index (χ2n) is 7.49. The maximum absolute atomic E-state index is 12.4. The smallest absolute Gasteiger partial charge is 0.335 e. The summed E-state index contributed by atoms with van der Waals surface area (Å²) in [5.74, 6) is -1.53. The van der Waals surface area contributed by atoms with Gasteiger partial charge in [0.25, 0.3) is 5.54 Å². The Morgan fingerprint density at radius 3 is 2.83 bits per heavy atom. The van der Waals surface area contributed by atoms with Gasteiger partial charge in [-0.3, -0.25) is 4.79 Å². The molecule has 122 valence electrons. The van der Waals surface area contributed by atoms with E-state index in [4.69, 9.17) is 16.0 Å². The Morgan fingerprint density at radius 1 is 1.57 bits per heavy atom. The zero-order valence-corrected chi connectivity index (χ0v) is 13.6. The highest BCUT2D eigenvalue weighted by Crippen LogP contribution is 2.67. The van der Waals surface area contributed by atoms with E-state index >= 15 is 0 Å². The number of rotatable bonds is 3. The molecule has 3 aliphatic rings. The van der Waals surface area contributed by atoms with Crippen LogP contribution in [-0.4, -0.2) is 30.2 Å². The first-order chi connectivity index (χ1) is 10.8. The van der Waals surface area contributed by atoms with Crippen LogP contribution in [0.2, 0.25) is 0 Å². The molecule has 0 spiro atoms. The molecule has 0 aromatic rings. The molecule has 3 fully saturated rings. The monoisotopic (exact) mass is 316 g/mol. The topological polar surface area (TPSA) is 80.8 Å². The van der Waals surface area contributed by atoms with E-state index in [2.05, 4.69) is 10.9 Å². The lowest BCUT2D eigenvalue weighted by Gasteiger charge is -2.36. The van der Waals surface area contributed by atoms with Crippen molar-refractivity contribution in [3.05, 3.63) is 11.4 Å². The van der Waals surface area contributed by atoms with Gasteiger partial charge in [0.1, 0.15) is 6.10 Å². The number of cyclic esters (lactones) is 1. The molecule has 3 rings (SSSR count). The lowest BCUT2D eigenvalue weighted by atomic mass is 9.63. The van der Waals surface area contributed by atoms with Crippen LogP contribution in [0, 0.1) is 40.6 Å². The Labute approximate surface area is 135 Å². The maximum atomic E-state index is 12.4. The molecule has 1 heterocycles. The van der Waals surface area contributed by atoms with E-state index in [1.54, 1.807) is 0 Å². The third-order valence-electron chi connectivity index (χ3n) is 6.23. The summed E-state index contributed by atoms with van der Waals surface area (Å²) in [6, 6.07) is 2.09. The van der Waals surface area contributed by atoms with Gasteiger partial charge in [-0.2, -0.15) is 5.26 Å². The van der Waals surface area contributed by atoms with Gasteiger partial charge in [-0.1, -0.05) is 6.92 Å². The summed E-state index contributed by atoms with van der Waals surface area (Å²) in [4.78, 5) is 28.4. The van der Waals surface area contributed by atoms with Crippen molar-refractivity contribution in [2.45, 2.75) is 51.7 Å². The van der Waals surface area contributed by atoms with Gasteiger partial charge >= 0.3 is 11.9 Å². The summed E-state index contributed by atoms with van der Waals surface area (Å²) in [6.45, 7) is 13.1. The van der Waals surface area contributed by atoms with Gasteiger partial charge in [-0.25, -0.2) is 11.4 Å². The van der Waals surface area contributed by atoms with E-state index in [0.29, 0.717) is 19.3 Å². The molecular formula is C17H20N2O4. The molecule has 6 heteroatoms. The fourth-order valence-corrected chi connectivity index (χ4v) is 4.35. The fourth-order valence-electron chi connectivity index (χ4n) is 4.35. The normalized spacial score (nSPS) is 40.9. The quantitative estimate of drug-likeness (QED) is 0.588. The molecule has 1 aliphatic heterocycles. The van der Waals surface area contributed by atoms with Crippen molar-refractivity contribution in [3.63, 3.8) is 0 Å². The summed E-state index contributed by atoms with van der Waals surface area (Å²) < 4.78 is 10.8. The van der Waals surface area contributed by atoms with Crippen LogP contribution >= 0.6 is 0 Å². The number of hydrogen-bond acceptors (Lipinski definition) is 5. The van der Waals surface area contributed by atoms with Crippen LogP contribution < -0.4 is 0 Å². The van der Waals surface area contributed by atoms with E-state index in [1.807, 2.05) is 20.8 Å². The predicted molar refractivity (Wildman–Crippen MR) is 78.5 cm³/mol. The fraction of sp³-hybridized carbons (Fsp3) is 0.765. The zero-order chi connectivity index (χ0) is 17.0. The Balaban J connectivity index is 1.92. The van der Waals surface area contributed by atoms with Crippen LogP contribution in [-0.2, 0) is 19.1 Å². The lowest BCUT2D eigenvalue weighted by Crippen LogP contribution is -2.55. The van der Waals surface area contributed by atoms with Crippen molar-refractivity contribution >= 4 is 11.9 Å². The highest BCUT2D eigenvalue weighted by molar-refractivity contribution is 5.87. The second kappa shape index (κ2) is 4.71. The first kappa shape index (κ1) is 15.8. The van der Waals surface area contributed by atoms with Gasteiger partial charge in [0.2, 0.25) is 5.41 Å². The van der Waals surface area contributed by atoms with Gasteiger partial charge in [0, 0.05) is 11.8 Å². The minimum absolute atomic E-state index is 0.0226. The standard InChI is InChI=1S/C17H20N2O4/c1-5-15(2,3)13(20)23-12-7-10-6-11(12)16(8-18)14(21)22-9-17(10,16)19-4/h10-12H,5-7,9H2,1-3H3. The molecule has 5 unspecified atom stereocenters. The first-order valence-corrected chi connectivity index (χ1v) is 7.97. The molecule has 1 saturated heterocycles. The largest absolute Gasteiger partial charge is 0.462 e. The van der Waals surface area contributed by atoms with Gasteiger partial charge in [0.05, 0.1) is 11.5 Å². The van der Waals surface area contributed by atoms with E-state index < -0.39 is 34.4 Å². The SMILES string of the molecule is [C-]#[N+]C12COC(=O)C1(C#N)C1CC2CC1OC(=O)C(C)(C)CC. The van der Waals surface area contributed by atoms with Crippen LogP contribution in [0.5, 0.6) is 0 Å². The number of esters is 2. The van der Waals surface area contributed by atoms with Gasteiger partial charge < -0.3 is 14.3 Å². The highest BCUT2D eigenvalue weighted by atomic mass is 16.6. The highest BCUT2D eigenvalue weighted by Gasteiger charge is 2.85. The third kappa shape index (κ3) is 1.67. The molecule has 2 aliphatic carbocycles. The average Bonchev–Trinajstić information content (AvgIpc) is 3.15. The van der Waals surface area contributed by atoms with Crippen molar-refractivity contribution in [2.24, 2.45) is 22.7 Å². The van der Waals surface area contributed by atoms with Crippen LogP contribution in [0.25, 0.3) is 4.85 Å². The number of nitriles is 1. The molecule has 0 radical (unpaired) electrons. The van der Waals surface area contributed by atoms with Crippen LogP contribution in [0.4, 0.5) is 0 Å². The summed E-state index contributed by atoms with van der Waals surface area (Å²) in [7, 11) is 0. The molecule has 2 saturated carbocycles.